The van der Waals surface area contributed by atoms with Crippen molar-refractivity contribution >= 4 is 0 Å². The molecule has 2 fully saturated rings. The number of hydrogen-bond donors (Lipinski definition) is 1. The van der Waals surface area contributed by atoms with Gasteiger partial charge >= 0.3 is 0 Å². The number of hydrogen-bond acceptors (Lipinski definition) is 4. The third-order valence-corrected chi connectivity index (χ3v) is 5.30. The van der Waals surface area contributed by atoms with Crippen LogP contribution in [0.1, 0.15) is 39.0 Å². The Labute approximate surface area is 118 Å². The summed E-state index contributed by atoms with van der Waals surface area (Å²) in [5, 5.41) is 0. The molecule has 0 spiro atoms. The van der Waals surface area contributed by atoms with Gasteiger partial charge in [-0.05, 0) is 59.7 Å². The van der Waals surface area contributed by atoms with E-state index < -0.39 is 0 Å². The molecule has 0 aromatic heterocycles. The second kappa shape index (κ2) is 6.53. The van der Waals surface area contributed by atoms with Gasteiger partial charge in [-0.2, -0.15) is 0 Å². The molecule has 2 aliphatic heterocycles. The van der Waals surface area contributed by atoms with Crippen molar-refractivity contribution in [3.63, 3.8) is 0 Å². The van der Waals surface area contributed by atoms with Crippen molar-refractivity contribution in [2.75, 3.05) is 40.3 Å². The van der Waals surface area contributed by atoms with Gasteiger partial charge in [-0.25, -0.2) is 0 Å². The molecule has 2 rings (SSSR count). The predicted octanol–water partition coefficient (Wildman–Crippen LogP) is 1.30. The van der Waals surface area contributed by atoms with Gasteiger partial charge in [0.1, 0.15) is 0 Å². The Balaban J connectivity index is 1.95. The van der Waals surface area contributed by atoms with Gasteiger partial charge in [0.15, 0.2) is 0 Å². The van der Waals surface area contributed by atoms with Crippen molar-refractivity contribution in [3.05, 3.63) is 0 Å². The molecule has 2 aliphatic rings. The molecule has 0 aromatic rings. The summed E-state index contributed by atoms with van der Waals surface area (Å²) in [6, 6.07) is 0.618. The molecule has 0 aromatic carbocycles. The van der Waals surface area contributed by atoms with Crippen LogP contribution in [0.15, 0.2) is 0 Å². The molecule has 0 saturated carbocycles. The standard InChI is InChI=1S/C15H31N3O/c1-13-10-15(12-16,7-8-17(13)2)18(3)11-14-6-4-5-9-19-14/h13-14H,4-12,16H2,1-3H3. The van der Waals surface area contributed by atoms with E-state index in [-0.39, 0.29) is 5.54 Å². The van der Waals surface area contributed by atoms with E-state index in [1.807, 2.05) is 0 Å². The van der Waals surface area contributed by atoms with Crippen molar-refractivity contribution in [2.45, 2.75) is 56.7 Å². The van der Waals surface area contributed by atoms with Crippen LogP contribution in [-0.2, 0) is 4.74 Å². The fraction of sp³-hybridized carbons (Fsp3) is 1.00. The second-order valence-electron chi connectivity index (χ2n) is 6.58. The van der Waals surface area contributed by atoms with Crippen LogP contribution in [0.3, 0.4) is 0 Å². The lowest BCUT2D eigenvalue weighted by Crippen LogP contribution is -2.61. The van der Waals surface area contributed by atoms with Gasteiger partial charge < -0.3 is 15.4 Å². The van der Waals surface area contributed by atoms with E-state index in [1.165, 1.54) is 32.1 Å². The first-order valence-corrected chi connectivity index (χ1v) is 7.80. The average molecular weight is 269 g/mol. The summed E-state index contributed by atoms with van der Waals surface area (Å²) in [6.45, 7) is 6.19. The zero-order valence-electron chi connectivity index (χ0n) is 12.9. The Morgan fingerprint density at radius 1 is 1.42 bits per heavy atom. The van der Waals surface area contributed by atoms with Crippen LogP contribution in [0.4, 0.5) is 0 Å². The third kappa shape index (κ3) is 3.48. The van der Waals surface area contributed by atoms with E-state index >= 15 is 0 Å². The van der Waals surface area contributed by atoms with E-state index in [0.717, 1.165) is 26.2 Å². The largest absolute Gasteiger partial charge is 0.377 e. The molecular formula is C15H31N3O. The average Bonchev–Trinajstić information content (AvgIpc) is 2.43. The molecule has 0 radical (unpaired) electrons. The molecule has 2 N–H and O–H groups in total. The minimum atomic E-state index is 0.173. The maximum Gasteiger partial charge on any atom is 0.0702 e. The summed E-state index contributed by atoms with van der Waals surface area (Å²) in [4.78, 5) is 4.94. The Hall–Kier alpha value is -0.160. The van der Waals surface area contributed by atoms with Crippen molar-refractivity contribution in [2.24, 2.45) is 5.73 Å². The van der Waals surface area contributed by atoms with Crippen LogP contribution >= 0.6 is 0 Å². The van der Waals surface area contributed by atoms with Gasteiger partial charge in [0.05, 0.1) is 6.10 Å². The van der Waals surface area contributed by atoms with Gasteiger partial charge in [-0.3, -0.25) is 4.90 Å². The molecule has 2 heterocycles. The Kier molecular flexibility index (Phi) is 5.23. The first-order chi connectivity index (χ1) is 9.07. The number of likely N-dealkylation sites (N-methyl/N-ethyl adjacent to an activating group) is 1. The van der Waals surface area contributed by atoms with E-state index in [2.05, 4.69) is 30.8 Å². The molecule has 0 bridgehead atoms. The van der Waals surface area contributed by atoms with Gasteiger partial charge in [0.25, 0.3) is 0 Å². The van der Waals surface area contributed by atoms with Gasteiger partial charge in [0.2, 0.25) is 0 Å². The Bertz CT molecular complexity index is 281. The Morgan fingerprint density at radius 3 is 2.79 bits per heavy atom. The van der Waals surface area contributed by atoms with Crippen LogP contribution in [0.2, 0.25) is 0 Å². The molecule has 2 saturated heterocycles. The molecule has 112 valence electrons. The smallest absolute Gasteiger partial charge is 0.0702 e. The maximum absolute atomic E-state index is 6.15. The van der Waals surface area contributed by atoms with E-state index in [9.17, 15) is 0 Å². The number of piperidine rings is 1. The SMILES string of the molecule is CC1CC(CN)(N(C)CC2CCCCO2)CCN1C. The van der Waals surface area contributed by atoms with Gasteiger partial charge in [-0.15, -0.1) is 0 Å². The minimum absolute atomic E-state index is 0.173. The summed E-state index contributed by atoms with van der Waals surface area (Å²) in [5.41, 5.74) is 6.32. The zero-order chi connectivity index (χ0) is 13.9. The van der Waals surface area contributed by atoms with Crippen molar-refractivity contribution in [1.82, 2.24) is 9.80 Å². The number of ether oxygens (including phenoxy) is 1. The van der Waals surface area contributed by atoms with Crippen LogP contribution in [0.5, 0.6) is 0 Å². The highest BCUT2D eigenvalue weighted by Crippen LogP contribution is 2.31. The zero-order valence-corrected chi connectivity index (χ0v) is 12.9. The Morgan fingerprint density at radius 2 is 2.21 bits per heavy atom. The van der Waals surface area contributed by atoms with E-state index in [1.54, 1.807) is 0 Å². The van der Waals surface area contributed by atoms with E-state index in [0.29, 0.717) is 12.1 Å². The predicted molar refractivity (Wildman–Crippen MR) is 79.3 cm³/mol. The maximum atomic E-state index is 6.15. The van der Waals surface area contributed by atoms with Crippen LogP contribution < -0.4 is 5.73 Å². The first kappa shape index (κ1) is 15.2. The highest BCUT2D eigenvalue weighted by molar-refractivity contribution is 4.98. The summed E-state index contributed by atoms with van der Waals surface area (Å²) in [5.74, 6) is 0. The normalized spacial score (nSPS) is 37.7. The lowest BCUT2D eigenvalue weighted by atomic mass is 9.82. The molecule has 0 amide bonds. The quantitative estimate of drug-likeness (QED) is 0.835. The van der Waals surface area contributed by atoms with Crippen molar-refractivity contribution in [3.8, 4) is 0 Å². The number of nitrogens with zero attached hydrogens (tertiary/aromatic N) is 2. The number of rotatable bonds is 4. The molecular weight excluding hydrogens is 238 g/mol. The number of nitrogens with two attached hydrogens (primary N) is 1. The first-order valence-electron chi connectivity index (χ1n) is 7.80. The summed E-state index contributed by atoms with van der Waals surface area (Å²) < 4.78 is 5.88. The fourth-order valence-corrected chi connectivity index (χ4v) is 3.55. The van der Waals surface area contributed by atoms with Crippen LogP contribution in [-0.4, -0.2) is 67.8 Å². The fourth-order valence-electron chi connectivity index (χ4n) is 3.55. The number of likely N-dealkylation sites (tertiary alicyclic amines) is 1. The van der Waals surface area contributed by atoms with Crippen molar-refractivity contribution in [1.29, 1.82) is 0 Å². The topological polar surface area (TPSA) is 41.7 Å². The second-order valence-corrected chi connectivity index (χ2v) is 6.58. The lowest BCUT2D eigenvalue weighted by Gasteiger charge is -2.50. The monoisotopic (exact) mass is 269 g/mol. The summed E-state index contributed by atoms with van der Waals surface area (Å²) in [6.07, 6.45) is 6.51. The van der Waals surface area contributed by atoms with Gasteiger partial charge in [0, 0.05) is 31.3 Å². The highest BCUT2D eigenvalue weighted by Gasteiger charge is 2.39. The van der Waals surface area contributed by atoms with Crippen molar-refractivity contribution < 1.29 is 4.74 Å². The molecule has 19 heavy (non-hydrogen) atoms. The van der Waals surface area contributed by atoms with Gasteiger partial charge in [-0.1, -0.05) is 0 Å². The van der Waals surface area contributed by atoms with E-state index in [4.69, 9.17) is 10.5 Å². The summed E-state index contributed by atoms with van der Waals surface area (Å²) in [7, 11) is 4.46. The third-order valence-electron chi connectivity index (χ3n) is 5.30. The van der Waals surface area contributed by atoms with Crippen LogP contribution in [0, 0.1) is 0 Å². The molecule has 3 atom stereocenters. The summed E-state index contributed by atoms with van der Waals surface area (Å²) >= 11 is 0. The molecule has 4 heteroatoms. The molecule has 0 aliphatic carbocycles. The highest BCUT2D eigenvalue weighted by atomic mass is 16.5. The van der Waals surface area contributed by atoms with Crippen LogP contribution in [0.25, 0.3) is 0 Å². The lowest BCUT2D eigenvalue weighted by molar-refractivity contribution is -0.0409. The molecule has 4 nitrogen and oxygen atoms in total. The molecule has 3 unspecified atom stereocenters. The minimum Gasteiger partial charge on any atom is -0.377 e.